The van der Waals surface area contributed by atoms with Gasteiger partial charge in [0.2, 0.25) is 17.7 Å². The Bertz CT molecular complexity index is 759. The highest BCUT2D eigenvalue weighted by Gasteiger charge is 2.38. The lowest BCUT2D eigenvalue weighted by molar-refractivity contribution is -0.137. The van der Waals surface area contributed by atoms with Crippen molar-refractivity contribution < 1.29 is 19.1 Å². The summed E-state index contributed by atoms with van der Waals surface area (Å²) in [7, 11) is 1.60. The van der Waals surface area contributed by atoms with E-state index in [1.165, 1.54) is 0 Å². The van der Waals surface area contributed by atoms with E-state index in [2.05, 4.69) is 10.2 Å². The maximum atomic E-state index is 13.0. The van der Waals surface area contributed by atoms with Crippen molar-refractivity contribution in [2.45, 2.75) is 32.7 Å². The molecule has 30 heavy (non-hydrogen) atoms. The Morgan fingerprint density at radius 1 is 1.17 bits per heavy atom. The number of methoxy groups -OCH3 is 1. The average Bonchev–Trinajstić information content (AvgIpc) is 3.15. The van der Waals surface area contributed by atoms with E-state index in [1.807, 2.05) is 43.0 Å². The molecule has 0 aliphatic carbocycles. The lowest BCUT2D eigenvalue weighted by atomic mass is 10.1. The summed E-state index contributed by atoms with van der Waals surface area (Å²) in [4.78, 5) is 43.1. The largest absolute Gasteiger partial charge is 0.497 e. The number of ether oxygens (including phenoxy) is 1. The summed E-state index contributed by atoms with van der Waals surface area (Å²) in [5.41, 5.74) is 0.785. The molecule has 0 spiro atoms. The van der Waals surface area contributed by atoms with Gasteiger partial charge in [0.05, 0.1) is 19.6 Å². The Balaban J connectivity index is 1.49. The molecule has 0 unspecified atom stereocenters. The van der Waals surface area contributed by atoms with Crippen molar-refractivity contribution >= 4 is 23.4 Å². The van der Waals surface area contributed by atoms with Gasteiger partial charge in [-0.3, -0.25) is 19.3 Å². The minimum Gasteiger partial charge on any atom is -0.497 e. The maximum absolute atomic E-state index is 13.0. The molecule has 0 radical (unpaired) electrons. The Kier molecular flexibility index (Phi) is 7.31. The first-order valence-electron chi connectivity index (χ1n) is 10.7. The summed E-state index contributed by atoms with van der Waals surface area (Å²) >= 11 is 0. The fourth-order valence-corrected chi connectivity index (χ4v) is 3.89. The van der Waals surface area contributed by atoms with E-state index in [0.29, 0.717) is 39.3 Å². The van der Waals surface area contributed by atoms with Crippen LogP contribution in [0.4, 0.5) is 5.69 Å². The first kappa shape index (κ1) is 22.1. The van der Waals surface area contributed by atoms with E-state index < -0.39 is 0 Å². The van der Waals surface area contributed by atoms with E-state index in [-0.39, 0.29) is 36.1 Å². The lowest BCUT2D eigenvalue weighted by Crippen LogP contribution is -2.53. The number of rotatable bonds is 7. The molecule has 0 aromatic heterocycles. The molecule has 164 valence electrons. The van der Waals surface area contributed by atoms with Crippen LogP contribution in [0.2, 0.25) is 0 Å². The summed E-state index contributed by atoms with van der Waals surface area (Å²) in [6.45, 7) is 7.31. The first-order chi connectivity index (χ1) is 14.4. The molecule has 3 amide bonds. The molecular formula is C22H32N4O4. The average molecular weight is 417 g/mol. The highest BCUT2D eigenvalue weighted by Crippen LogP contribution is 2.28. The second-order valence-corrected chi connectivity index (χ2v) is 8.08. The molecule has 8 nitrogen and oxygen atoms in total. The zero-order valence-corrected chi connectivity index (χ0v) is 18.1. The van der Waals surface area contributed by atoms with Crippen LogP contribution in [0.25, 0.3) is 0 Å². The van der Waals surface area contributed by atoms with E-state index in [1.54, 1.807) is 12.0 Å². The van der Waals surface area contributed by atoms with Crippen LogP contribution in [-0.4, -0.2) is 79.9 Å². The summed E-state index contributed by atoms with van der Waals surface area (Å²) in [5, 5.41) is 2.98. The van der Waals surface area contributed by atoms with Crippen LogP contribution in [0.5, 0.6) is 5.75 Å². The molecular weight excluding hydrogens is 384 g/mol. The quantitative estimate of drug-likeness (QED) is 0.720. The molecule has 0 saturated carbocycles. The second-order valence-electron chi connectivity index (χ2n) is 8.08. The number of carbonyl (C=O) groups excluding carboxylic acids is 3. The number of amides is 3. The highest BCUT2D eigenvalue weighted by molar-refractivity contribution is 6.00. The number of benzene rings is 1. The van der Waals surface area contributed by atoms with Gasteiger partial charge in [0.25, 0.3) is 0 Å². The van der Waals surface area contributed by atoms with Gasteiger partial charge in [0, 0.05) is 50.9 Å². The number of piperazine rings is 1. The number of anilines is 1. The van der Waals surface area contributed by atoms with Gasteiger partial charge in [0.15, 0.2) is 0 Å². The standard InChI is InChI=1S/C22H32N4O4/c1-4-16(2)23-20(27)15-24-9-11-25(12-10-24)22(29)17-13-21(28)26(14-17)18-5-7-19(30-3)8-6-18/h5-8,16-17H,4,9-15H2,1-3H3,(H,23,27)/t16-,17+/m0/s1. The van der Waals surface area contributed by atoms with Gasteiger partial charge in [0.1, 0.15) is 5.75 Å². The number of nitrogens with one attached hydrogen (secondary N) is 1. The monoisotopic (exact) mass is 416 g/mol. The van der Waals surface area contributed by atoms with E-state index >= 15 is 0 Å². The topological polar surface area (TPSA) is 82.2 Å². The zero-order valence-electron chi connectivity index (χ0n) is 18.1. The van der Waals surface area contributed by atoms with Gasteiger partial charge in [-0.25, -0.2) is 0 Å². The number of nitrogens with zero attached hydrogens (tertiary/aromatic N) is 3. The van der Waals surface area contributed by atoms with Crippen molar-refractivity contribution in [3.63, 3.8) is 0 Å². The van der Waals surface area contributed by atoms with Gasteiger partial charge in [-0.05, 0) is 37.6 Å². The van der Waals surface area contributed by atoms with Gasteiger partial charge < -0.3 is 19.9 Å². The summed E-state index contributed by atoms with van der Waals surface area (Å²) in [6.07, 6.45) is 1.14. The molecule has 2 fully saturated rings. The minimum absolute atomic E-state index is 0.0284. The van der Waals surface area contributed by atoms with Gasteiger partial charge in [-0.15, -0.1) is 0 Å². The molecule has 2 heterocycles. The van der Waals surface area contributed by atoms with Crippen molar-refractivity contribution in [1.82, 2.24) is 15.1 Å². The molecule has 1 aromatic carbocycles. The van der Waals surface area contributed by atoms with E-state index in [4.69, 9.17) is 4.74 Å². The number of carbonyl (C=O) groups is 3. The lowest BCUT2D eigenvalue weighted by Gasteiger charge is -2.35. The fourth-order valence-electron chi connectivity index (χ4n) is 3.89. The van der Waals surface area contributed by atoms with Gasteiger partial charge in [-0.2, -0.15) is 0 Å². The zero-order chi connectivity index (χ0) is 21.7. The van der Waals surface area contributed by atoms with Gasteiger partial charge >= 0.3 is 0 Å². The van der Waals surface area contributed by atoms with Crippen molar-refractivity contribution in [3.8, 4) is 5.75 Å². The van der Waals surface area contributed by atoms with E-state index in [0.717, 1.165) is 17.9 Å². The Hall–Kier alpha value is -2.61. The van der Waals surface area contributed by atoms with Crippen LogP contribution in [0.3, 0.4) is 0 Å². The van der Waals surface area contributed by atoms with Crippen LogP contribution in [0, 0.1) is 5.92 Å². The van der Waals surface area contributed by atoms with Crippen molar-refractivity contribution in [1.29, 1.82) is 0 Å². The summed E-state index contributed by atoms with van der Waals surface area (Å²) in [6, 6.07) is 7.48. The third-order valence-corrected chi connectivity index (χ3v) is 5.93. The molecule has 2 aliphatic rings. The fraction of sp³-hybridized carbons (Fsp3) is 0.591. The van der Waals surface area contributed by atoms with Crippen molar-refractivity contribution in [2.24, 2.45) is 5.92 Å². The third kappa shape index (κ3) is 5.30. The summed E-state index contributed by atoms with van der Waals surface area (Å²) < 4.78 is 5.16. The minimum atomic E-state index is -0.320. The molecule has 1 N–H and O–H groups in total. The predicted octanol–water partition coefficient (Wildman–Crippen LogP) is 1.11. The normalized spacial score (nSPS) is 20.9. The molecule has 1 aromatic rings. The molecule has 3 rings (SSSR count). The molecule has 0 bridgehead atoms. The molecule has 2 atom stereocenters. The molecule has 2 aliphatic heterocycles. The molecule has 8 heteroatoms. The second kappa shape index (κ2) is 9.93. The predicted molar refractivity (Wildman–Crippen MR) is 114 cm³/mol. The summed E-state index contributed by atoms with van der Waals surface area (Å²) in [5.74, 6) is 0.441. The Morgan fingerprint density at radius 2 is 1.83 bits per heavy atom. The molecule has 2 saturated heterocycles. The van der Waals surface area contributed by atoms with Gasteiger partial charge in [-0.1, -0.05) is 6.92 Å². The first-order valence-corrected chi connectivity index (χ1v) is 10.7. The Labute approximate surface area is 178 Å². The SMILES string of the molecule is CC[C@H](C)NC(=O)CN1CCN(C(=O)[C@@H]2CC(=O)N(c3ccc(OC)cc3)C2)CC1. The van der Waals surface area contributed by atoms with Crippen LogP contribution >= 0.6 is 0 Å². The highest BCUT2D eigenvalue weighted by atomic mass is 16.5. The number of hydrogen-bond donors (Lipinski definition) is 1. The Morgan fingerprint density at radius 3 is 2.43 bits per heavy atom. The van der Waals surface area contributed by atoms with Crippen molar-refractivity contribution in [3.05, 3.63) is 24.3 Å². The van der Waals surface area contributed by atoms with Crippen LogP contribution in [0.1, 0.15) is 26.7 Å². The van der Waals surface area contributed by atoms with Crippen molar-refractivity contribution in [2.75, 3.05) is 51.3 Å². The van der Waals surface area contributed by atoms with Crippen LogP contribution in [-0.2, 0) is 14.4 Å². The van der Waals surface area contributed by atoms with E-state index in [9.17, 15) is 14.4 Å². The maximum Gasteiger partial charge on any atom is 0.234 e. The number of hydrogen-bond acceptors (Lipinski definition) is 5. The smallest absolute Gasteiger partial charge is 0.234 e. The third-order valence-electron chi connectivity index (χ3n) is 5.93. The van der Waals surface area contributed by atoms with Crippen LogP contribution in [0.15, 0.2) is 24.3 Å². The van der Waals surface area contributed by atoms with Crippen LogP contribution < -0.4 is 15.0 Å².